The van der Waals surface area contributed by atoms with E-state index in [4.69, 9.17) is 10.2 Å². The summed E-state index contributed by atoms with van der Waals surface area (Å²) in [7, 11) is 0. The number of rotatable bonds is 3. The minimum atomic E-state index is 0. The van der Waals surface area contributed by atoms with Gasteiger partial charge in [0.2, 0.25) is 5.89 Å². The van der Waals surface area contributed by atoms with Gasteiger partial charge < -0.3 is 10.2 Å². The molecule has 0 saturated carbocycles. The maximum Gasteiger partial charge on any atom is 0.208 e. The van der Waals surface area contributed by atoms with Crippen LogP contribution in [0.25, 0.3) is 0 Å². The number of hydrogen-bond acceptors (Lipinski definition) is 4. The third kappa shape index (κ3) is 4.14. The highest BCUT2D eigenvalue weighted by molar-refractivity contribution is 5.85. The van der Waals surface area contributed by atoms with Gasteiger partial charge in [-0.15, -0.1) is 24.8 Å². The molecule has 6 heteroatoms. The van der Waals surface area contributed by atoms with Gasteiger partial charge in [-0.2, -0.15) is 0 Å². The zero-order chi connectivity index (χ0) is 10.8. The van der Waals surface area contributed by atoms with Crippen LogP contribution in [-0.2, 0) is 6.54 Å². The molecule has 2 N–H and O–H groups in total. The Balaban J connectivity index is 0.00000128. The largest absolute Gasteiger partial charge is 0.444 e. The summed E-state index contributed by atoms with van der Waals surface area (Å²) < 4.78 is 5.56. The molecule has 0 bridgehead atoms. The summed E-state index contributed by atoms with van der Waals surface area (Å²) in [4.78, 5) is 6.75. The van der Waals surface area contributed by atoms with Crippen LogP contribution in [0.4, 0.5) is 0 Å². The van der Waals surface area contributed by atoms with Gasteiger partial charge in [-0.3, -0.25) is 4.90 Å². The third-order valence-corrected chi connectivity index (χ3v) is 3.13. The highest BCUT2D eigenvalue weighted by Gasteiger charge is 2.22. The Hall–Kier alpha value is -0.290. The molecule has 1 aromatic heterocycles. The summed E-state index contributed by atoms with van der Waals surface area (Å²) >= 11 is 0. The first-order valence-electron chi connectivity index (χ1n) is 5.54. The second-order valence-electron chi connectivity index (χ2n) is 4.37. The Morgan fingerprint density at radius 1 is 1.41 bits per heavy atom. The highest BCUT2D eigenvalue weighted by atomic mass is 35.5. The molecule has 0 radical (unpaired) electrons. The molecule has 4 nitrogen and oxygen atoms in total. The molecule has 1 saturated heterocycles. The monoisotopic (exact) mass is 281 g/mol. The smallest absolute Gasteiger partial charge is 0.208 e. The van der Waals surface area contributed by atoms with Gasteiger partial charge in [-0.25, -0.2) is 4.98 Å². The quantitative estimate of drug-likeness (QED) is 0.920. The molecule has 0 aliphatic carbocycles. The van der Waals surface area contributed by atoms with Crippen LogP contribution in [0.5, 0.6) is 0 Å². The highest BCUT2D eigenvalue weighted by Crippen LogP contribution is 2.18. The van der Waals surface area contributed by atoms with Crippen LogP contribution in [0.15, 0.2) is 4.42 Å². The lowest BCUT2D eigenvalue weighted by Crippen LogP contribution is -2.22. The van der Waals surface area contributed by atoms with E-state index in [0.717, 1.165) is 43.5 Å². The van der Waals surface area contributed by atoms with Gasteiger partial charge in [0.15, 0.2) is 0 Å². The lowest BCUT2D eigenvalue weighted by molar-refractivity contribution is 0.278. The molecular formula is C11H21Cl2N3O. The number of hydrogen-bond donors (Lipinski definition) is 1. The number of aryl methyl sites for hydroxylation is 2. The number of nitrogens with zero attached hydrogens (tertiary/aromatic N) is 2. The summed E-state index contributed by atoms with van der Waals surface area (Å²) in [5, 5.41) is 0. The van der Waals surface area contributed by atoms with Gasteiger partial charge in [0.25, 0.3) is 0 Å². The normalized spacial score (nSPS) is 19.8. The van der Waals surface area contributed by atoms with E-state index in [9.17, 15) is 0 Å². The molecule has 0 spiro atoms. The van der Waals surface area contributed by atoms with Gasteiger partial charge in [-0.05, 0) is 39.3 Å². The van der Waals surface area contributed by atoms with Gasteiger partial charge in [-0.1, -0.05) is 0 Å². The van der Waals surface area contributed by atoms with E-state index >= 15 is 0 Å². The van der Waals surface area contributed by atoms with E-state index in [1.807, 2.05) is 13.8 Å². The maximum absolute atomic E-state index is 5.65. The van der Waals surface area contributed by atoms with Crippen molar-refractivity contribution >= 4 is 24.8 Å². The molecule has 2 heterocycles. The summed E-state index contributed by atoms with van der Waals surface area (Å²) in [6.45, 7) is 7.75. The van der Waals surface area contributed by atoms with Crippen molar-refractivity contribution in [1.29, 1.82) is 0 Å². The first-order chi connectivity index (χ1) is 7.19. The van der Waals surface area contributed by atoms with Gasteiger partial charge >= 0.3 is 0 Å². The van der Waals surface area contributed by atoms with Crippen molar-refractivity contribution in [2.75, 3.05) is 19.6 Å². The predicted molar refractivity (Wildman–Crippen MR) is 72.9 cm³/mol. The van der Waals surface area contributed by atoms with Crippen molar-refractivity contribution in [3.05, 3.63) is 17.3 Å². The van der Waals surface area contributed by atoms with Crippen LogP contribution in [0.2, 0.25) is 0 Å². The first kappa shape index (κ1) is 16.7. The summed E-state index contributed by atoms with van der Waals surface area (Å²) in [6.07, 6.45) is 1.20. The SMILES string of the molecule is Cc1nc(CN2CCC(CN)C2)oc1C.Cl.Cl. The molecule has 1 fully saturated rings. The minimum Gasteiger partial charge on any atom is -0.444 e. The average molecular weight is 282 g/mol. The lowest BCUT2D eigenvalue weighted by Gasteiger charge is -2.12. The maximum atomic E-state index is 5.65. The predicted octanol–water partition coefficient (Wildman–Crippen LogP) is 1.92. The van der Waals surface area contributed by atoms with Crippen molar-refractivity contribution in [3.8, 4) is 0 Å². The zero-order valence-corrected chi connectivity index (χ0v) is 11.9. The number of oxazole rings is 1. The molecule has 0 amide bonds. The fraction of sp³-hybridized carbons (Fsp3) is 0.727. The van der Waals surface area contributed by atoms with Crippen LogP contribution in [0, 0.1) is 19.8 Å². The summed E-state index contributed by atoms with van der Waals surface area (Å²) in [6, 6.07) is 0. The second kappa shape index (κ2) is 7.21. The zero-order valence-electron chi connectivity index (χ0n) is 10.3. The Bertz CT molecular complexity index is 324. The number of halogens is 2. The van der Waals surface area contributed by atoms with Crippen LogP contribution < -0.4 is 5.73 Å². The molecule has 2 rings (SSSR count). The molecule has 1 aliphatic rings. The Morgan fingerprint density at radius 2 is 2.12 bits per heavy atom. The fourth-order valence-electron chi connectivity index (χ4n) is 2.05. The van der Waals surface area contributed by atoms with Crippen LogP contribution in [-0.4, -0.2) is 29.5 Å². The van der Waals surface area contributed by atoms with Gasteiger partial charge in [0.05, 0.1) is 12.2 Å². The standard InChI is InChI=1S/C11H19N3O.2ClH/c1-8-9(2)15-11(13-8)7-14-4-3-10(5-12)6-14;;/h10H,3-7,12H2,1-2H3;2*1H. The van der Waals surface area contributed by atoms with Crippen molar-refractivity contribution in [2.45, 2.75) is 26.8 Å². The molecule has 1 unspecified atom stereocenters. The molecule has 1 atom stereocenters. The summed E-state index contributed by atoms with van der Waals surface area (Å²) in [5.41, 5.74) is 6.65. The van der Waals surface area contributed by atoms with Crippen LogP contribution in [0.3, 0.4) is 0 Å². The van der Waals surface area contributed by atoms with Gasteiger partial charge in [0.1, 0.15) is 5.76 Å². The van der Waals surface area contributed by atoms with Crippen molar-refractivity contribution in [2.24, 2.45) is 11.7 Å². The van der Waals surface area contributed by atoms with Crippen molar-refractivity contribution in [1.82, 2.24) is 9.88 Å². The van der Waals surface area contributed by atoms with E-state index in [0.29, 0.717) is 5.92 Å². The molecule has 0 aromatic carbocycles. The van der Waals surface area contributed by atoms with Crippen LogP contribution >= 0.6 is 24.8 Å². The summed E-state index contributed by atoms with van der Waals surface area (Å²) in [5.74, 6) is 2.42. The van der Waals surface area contributed by atoms with E-state index < -0.39 is 0 Å². The van der Waals surface area contributed by atoms with E-state index in [-0.39, 0.29) is 24.8 Å². The minimum absolute atomic E-state index is 0. The topological polar surface area (TPSA) is 55.3 Å². The third-order valence-electron chi connectivity index (χ3n) is 3.13. The number of aromatic nitrogens is 1. The van der Waals surface area contributed by atoms with Gasteiger partial charge in [0, 0.05) is 6.54 Å². The van der Waals surface area contributed by atoms with Crippen molar-refractivity contribution < 1.29 is 4.42 Å². The van der Waals surface area contributed by atoms with E-state index in [1.165, 1.54) is 6.42 Å². The first-order valence-corrected chi connectivity index (χ1v) is 5.54. The molecule has 1 aromatic rings. The molecular weight excluding hydrogens is 261 g/mol. The molecule has 17 heavy (non-hydrogen) atoms. The Morgan fingerprint density at radius 3 is 2.59 bits per heavy atom. The fourth-order valence-corrected chi connectivity index (χ4v) is 2.05. The Kier molecular flexibility index (Phi) is 7.09. The lowest BCUT2D eigenvalue weighted by atomic mass is 10.1. The second-order valence-corrected chi connectivity index (χ2v) is 4.37. The van der Waals surface area contributed by atoms with Crippen LogP contribution in [0.1, 0.15) is 23.8 Å². The number of nitrogens with two attached hydrogens (primary N) is 1. The van der Waals surface area contributed by atoms with Crippen molar-refractivity contribution in [3.63, 3.8) is 0 Å². The molecule has 1 aliphatic heterocycles. The van der Waals surface area contributed by atoms with E-state index in [1.54, 1.807) is 0 Å². The average Bonchev–Trinajstić information content (AvgIpc) is 2.76. The molecule has 100 valence electrons. The van der Waals surface area contributed by atoms with E-state index in [2.05, 4.69) is 9.88 Å². The number of likely N-dealkylation sites (tertiary alicyclic amines) is 1. The Labute approximate surface area is 115 Å².